The predicted octanol–water partition coefficient (Wildman–Crippen LogP) is 1.48. The van der Waals surface area contributed by atoms with Gasteiger partial charge in [0.1, 0.15) is 5.72 Å². The second-order valence-corrected chi connectivity index (χ2v) is 3.74. The third kappa shape index (κ3) is 2.66. The second kappa shape index (κ2) is 4.94. The third-order valence-electron chi connectivity index (χ3n) is 2.64. The number of nitrogens with zero attached hydrogens (tertiary/aromatic N) is 1. The summed E-state index contributed by atoms with van der Waals surface area (Å²) < 4.78 is 11.0. The van der Waals surface area contributed by atoms with E-state index in [1.165, 1.54) is 12.8 Å². The Kier molecular flexibility index (Phi) is 4.16. The van der Waals surface area contributed by atoms with Gasteiger partial charge in [-0.3, -0.25) is 4.90 Å². The molecule has 0 bridgehead atoms. The van der Waals surface area contributed by atoms with E-state index in [2.05, 4.69) is 11.8 Å². The zero-order valence-electron chi connectivity index (χ0n) is 9.01. The fourth-order valence-electron chi connectivity index (χ4n) is 1.99. The first-order valence-electron chi connectivity index (χ1n) is 5.11. The number of methoxy groups -OCH3 is 1. The van der Waals surface area contributed by atoms with E-state index in [9.17, 15) is 0 Å². The highest BCUT2D eigenvalue weighted by molar-refractivity contribution is 4.80. The molecule has 1 heterocycles. The van der Waals surface area contributed by atoms with Crippen LogP contribution in [-0.4, -0.2) is 44.0 Å². The van der Waals surface area contributed by atoms with Gasteiger partial charge in [-0.15, -0.1) is 0 Å². The molecule has 0 N–H and O–H groups in total. The minimum Gasteiger partial charge on any atom is -0.380 e. The largest absolute Gasteiger partial charge is 0.380 e. The zero-order chi connectivity index (χ0) is 9.73. The molecule has 78 valence electrons. The van der Waals surface area contributed by atoms with Crippen LogP contribution in [0.4, 0.5) is 0 Å². The van der Waals surface area contributed by atoms with Crippen LogP contribution in [0.15, 0.2) is 0 Å². The van der Waals surface area contributed by atoms with E-state index in [1.807, 2.05) is 6.92 Å². The van der Waals surface area contributed by atoms with Crippen molar-refractivity contribution < 1.29 is 9.47 Å². The molecule has 1 unspecified atom stereocenters. The van der Waals surface area contributed by atoms with Crippen LogP contribution in [0.25, 0.3) is 0 Å². The smallest absolute Gasteiger partial charge is 0.142 e. The molecule has 0 radical (unpaired) electrons. The summed E-state index contributed by atoms with van der Waals surface area (Å²) in [5.74, 6) is 0. The number of rotatable bonds is 5. The van der Waals surface area contributed by atoms with Crippen molar-refractivity contribution in [3.63, 3.8) is 0 Å². The Morgan fingerprint density at radius 1 is 1.31 bits per heavy atom. The Labute approximate surface area is 81.0 Å². The fourth-order valence-corrected chi connectivity index (χ4v) is 1.99. The van der Waals surface area contributed by atoms with Crippen molar-refractivity contribution in [2.45, 2.75) is 32.4 Å². The summed E-state index contributed by atoms with van der Waals surface area (Å²) in [6, 6.07) is 0. The van der Waals surface area contributed by atoms with Crippen molar-refractivity contribution in [1.82, 2.24) is 4.90 Å². The van der Waals surface area contributed by atoms with Crippen molar-refractivity contribution in [2.24, 2.45) is 0 Å². The van der Waals surface area contributed by atoms with Crippen LogP contribution >= 0.6 is 0 Å². The summed E-state index contributed by atoms with van der Waals surface area (Å²) in [7, 11) is 1.73. The molecule has 0 aromatic heterocycles. The molecule has 0 saturated carbocycles. The molecule has 1 aliphatic heterocycles. The average Bonchev–Trinajstić information content (AvgIpc) is 2.57. The normalized spacial score (nSPS) is 23.3. The van der Waals surface area contributed by atoms with Crippen LogP contribution in [-0.2, 0) is 9.47 Å². The summed E-state index contributed by atoms with van der Waals surface area (Å²) in [4.78, 5) is 2.38. The first kappa shape index (κ1) is 11.0. The van der Waals surface area contributed by atoms with Gasteiger partial charge in [0.2, 0.25) is 0 Å². The molecule has 0 amide bonds. The maximum Gasteiger partial charge on any atom is 0.142 e. The average molecular weight is 187 g/mol. The van der Waals surface area contributed by atoms with Crippen molar-refractivity contribution >= 4 is 0 Å². The topological polar surface area (TPSA) is 21.7 Å². The van der Waals surface area contributed by atoms with Gasteiger partial charge in [0.05, 0.1) is 6.61 Å². The molecule has 0 aliphatic carbocycles. The number of ether oxygens (including phenoxy) is 2. The molecule has 0 aromatic carbocycles. The van der Waals surface area contributed by atoms with Crippen LogP contribution in [0.1, 0.15) is 26.7 Å². The Balaban J connectivity index is 2.52. The summed E-state index contributed by atoms with van der Waals surface area (Å²) in [6.45, 7) is 7.83. The molecule has 13 heavy (non-hydrogen) atoms. The number of hydrogen-bond donors (Lipinski definition) is 0. The van der Waals surface area contributed by atoms with E-state index in [0.717, 1.165) is 19.7 Å². The SMILES string of the molecule is CCOC(C)(COC)N1CCCC1. The van der Waals surface area contributed by atoms with Crippen molar-refractivity contribution in [3.05, 3.63) is 0 Å². The summed E-state index contributed by atoms with van der Waals surface area (Å²) in [6.07, 6.45) is 2.57. The Bertz CT molecular complexity index is 138. The van der Waals surface area contributed by atoms with Gasteiger partial charge in [0, 0.05) is 26.8 Å². The quantitative estimate of drug-likeness (QED) is 0.650. The molecule has 3 heteroatoms. The summed E-state index contributed by atoms with van der Waals surface area (Å²) in [5, 5.41) is 0. The standard InChI is InChI=1S/C10H21NO2/c1-4-13-10(2,9-12-3)11-7-5-6-8-11/h4-9H2,1-3H3. The number of hydrogen-bond acceptors (Lipinski definition) is 3. The molecule has 1 atom stereocenters. The van der Waals surface area contributed by atoms with Gasteiger partial charge in [-0.05, 0) is 26.7 Å². The minimum absolute atomic E-state index is 0.208. The van der Waals surface area contributed by atoms with Crippen LogP contribution in [0, 0.1) is 0 Å². The van der Waals surface area contributed by atoms with Crippen LogP contribution in [0.3, 0.4) is 0 Å². The van der Waals surface area contributed by atoms with Crippen molar-refractivity contribution in [3.8, 4) is 0 Å². The lowest BCUT2D eigenvalue weighted by Gasteiger charge is -2.37. The maximum absolute atomic E-state index is 5.75. The first-order valence-corrected chi connectivity index (χ1v) is 5.11. The summed E-state index contributed by atoms with van der Waals surface area (Å²) in [5.41, 5.74) is -0.208. The monoisotopic (exact) mass is 187 g/mol. The minimum atomic E-state index is -0.208. The predicted molar refractivity (Wildman–Crippen MR) is 52.7 cm³/mol. The Hall–Kier alpha value is -0.120. The van der Waals surface area contributed by atoms with E-state index in [4.69, 9.17) is 9.47 Å². The highest BCUT2D eigenvalue weighted by atomic mass is 16.6. The maximum atomic E-state index is 5.75. The fraction of sp³-hybridized carbons (Fsp3) is 1.00. The van der Waals surface area contributed by atoms with E-state index in [-0.39, 0.29) is 5.72 Å². The summed E-state index contributed by atoms with van der Waals surface area (Å²) >= 11 is 0. The molecule has 1 rings (SSSR count). The zero-order valence-corrected chi connectivity index (χ0v) is 9.01. The van der Waals surface area contributed by atoms with Gasteiger partial charge in [-0.25, -0.2) is 0 Å². The van der Waals surface area contributed by atoms with Crippen LogP contribution < -0.4 is 0 Å². The molecule has 1 saturated heterocycles. The van der Waals surface area contributed by atoms with E-state index < -0.39 is 0 Å². The van der Waals surface area contributed by atoms with E-state index in [0.29, 0.717) is 6.61 Å². The lowest BCUT2D eigenvalue weighted by Crippen LogP contribution is -2.50. The Morgan fingerprint density at radius 2 is 1.92 bits per heavy atom. The highest BCUT2D eigenvalue weighted by Crippen LogP contribution is 2.22. The van der Waals surface area contributed by atoms with Crippen LogP contribution in [0.5, 0.6) is 0 Å². The number of likely N-dealkylation sites (tertiary alicyclic amines) is 1. The molecule has 1 fully saturated rings. The lowest BCUT2D eigenvalue weighted by molar-refractivity contribution is -0.163. The van der Waals surface area contributed by atoms with E-state index in [1.54, 1.807) is 7.11 Å². The van der Waals surface area contributed by atoms with Crippen LogP contribution in [0.2, 0.25) is 0 Å². The van der Waals surface area contributed by atoms with Crippen molar-refractivity contribution in [1.29, 1.82) is 0 Å². The van der Waals surface area contributed by atoms with Gasteiger partial charge in [0.15, 0.2) is 0 Å². The lowest BCUT2D eigenvalue weighted by atomic mass is 10.2. The van der Waals surface area contributed by atoms with E-state index >= 15 is 0 Å². The molecule has 0 spiro atoms. The van der Waals surface area contributed by atoms with Gasteiger partial charge in [0.25, 0.3) is 0 Å². The molecular formula is C10H21NO2. The molecular weight excluding hydrogens is 166 g/mol. The Morgan fingerprint density at radius 3 is 2.38 bits per heavy atom. The molecule has 1 aliphatic rings. The second-order valence-electron chi connectivity index (χ2n) is 3.74. The molecule has 3 nitrogen and oxygen atoms in total. The van der Waals surface area contributed by atoms with Gasteiger partial charge >= 0.3 is 0 Å². The van der Waals surface area contributed by atoms with Gasteiger partial charge in [-0.1, -0.05) is 0 Å². The third-order valence-corrected chi connectivity index (χ3v) is 2.64. The van der Waals surface area contributed by atoms with Crippen molar-refractivity contribution in [2.75, 3.05) is 33.4 Å². The highest BCUT2D eigenvalue weighted by Gasteiger charge is 2.34. The molecule has 0 aromatic rings. The van der Waals surface area contributed by atoms with Gasteiger partial charge < -0.3 is 9.47 Å². The first-order chi connectivity index (χ1) is 6.23. The van der Waals surface area contributed by atoms with Gasteiger partial charge in [-0.2, -0.15) is 0 Å².